The highest BCUT2D eigenvalue weighted by Crippen LogP contribution is 2.21. The molecule has 0 radical (unpaired) electrons. The molecule has 0 unspecified atom stereocenters. The van der Waals surface area contributed by atoms with Gasteiger partial charge in [0.15, 0.2) is 0 Å². The highest BCUT2D eigenvalue weighted by Gasteiger charge is 2.12. The van der Waals surface area contributed by atoms with Gasteiger partial charge < -0.3 is 4.74 Å². The fourth-order valence-corrected chi connectivity index (χ4v) is 2.53. The van der Waals surface area contributed by atoms with E-state index in [0.717, 1.165) is 22.9 Å². The number of rotatable bonds is 6. The Kier molecular flexibility index (Phi) is 5.20. The SMILES string of the molecule is CCN(CC(=O)OC)Cc1csc(-c2ccccn2)n1. The number of carbonyl (C=O) groups excluding carboxylic acids is 1. The van der Waals surface area contributed by atoms with E-state index in [2.05, 4.69) is 14.7 Å². The fourth-order valence-electron chi connectivity index (χ4n) is 1.74. The Morgan fingerprint density at radius 3 is 2.95 bits per heavy atom. The number of pyridine rings is 1. The van der Waals surface area contributed by atoms with E-state index in [4.69, 9.17) is 0 Å². The van der Waals surface area contributed by atoms with Crippen LogP contribution in [0.4, 0.5) is 0 Å². The van der Waals surface area contributed by atoms with Gasteiger partial charge in [0.25, 0.3) is 0 Å². The van der Waals surface area contributed by atoms with Crippen molar-refractivity contribution in [3.63, 3.8) is 0 Å². The number of ether oxygens (including phenoxy) is 1. The molecule has 20 heavy (non-hydrogen) atoms. The Morgan fingerprint density at radius 2 is 2.30 bits per heavy atom. The summed E-state index contributed by atoms with van der Waals surface area (Å²) in [6.45, 7) is 3.69. The first-order chi connectivity index (χ1) is 9.72. The minimum absolute atomic E-state index is 0.230. The minimum atomic E-state index is -0.230. The van der Waals surface area contributed by atoms with Crippen LogP contribution in [0.5, 0.6) is 0 Å². The topological polar surface area (TPSA) is 55.3 Å². The van der Waals surface area contributed by atoms with Gasteiger partial charge in [-0.25, -0.2) is 4.98 Å². The average Bonchev–Trinajstić information content (AvgIpc) is 2.95. The average molecular weight is 291 g/mol. The van der Waals surface area contributed by atoms with Gasteiger partial charge in [0.1, 0.15) is 5.01 Å². The van der Waals surface area contributed by atoms with Crippen LogP contribution in [-0.4, -0.2) is 41.0 Å². The number of thiazole rings is 1. The maximum Gasteiger partial charge on any atom is 0.319 e. The molecule has 0 spiro atoms. The molecule has 0 aliphatic rings. The quantitative estimate of drug-likeness (QED) is 0.764. The minimum Gasteiger partial charge on any atom is -0.468 e. The molecule has 106 valence electrons. The van der Waals surface area contributed by atoms with Crippen molar-refractivity contribution in [3.05, 3.63) is 35.5 Å². The molecular formula is C14H17N3O2S. The molecule has 6 heteroatoms. The van der Waals surface area contributed by atoms with E-state index in [9.17, 15) is 4.79 Å². The van der Waals surface area contributed by atoms with E-state index in [1.165, 1.54) is 7.11 Å². The molecule has 0 aromatic carbocycles. The lowest BCUT2D eigenvalue weighted by Gasteiger charge is -2.17. The lowest BCUT2D eigenvalue weighted by Crippen LogP contribution is -2.30. The maximum absolute atomic E-state index is 11.3. The first-order valence-corrected chi connectivity index (χ1v) is 7.26. The van der Waals surface area contributed by atoms with Crippen LogP contribution in [0.1, 0.15) is 12.6 Å². The zero-order valence-electron chi connectivity index (χ0n) is 11.6. The van der Waals surface area contributed by atoms with E-state index < -0.39 is 0 Å². The molecule has 2 rings (SSSR count). The van der Waals surface area contributed by atoms with Gasteiger partial charge in [0.2, 0.25) is 0 Å². The molecule has 0 saturated carbocycles. The summed E-state index contributed by atoms with van der Waals surface area (Å²) in [6.07, 6.45) is 1.76. The predicted octanol–water partition coefficient (Wildman–Crippen LogP) is 2.20. The molecule has 0 fully saturated rings. The van der Waals surface area contributed by atoms with Gasteiger partial charge in [-0.1, -0.05) is 13.0 Å². The summed E-state index contributed by atoms with van der Waals surface area (Å²) in [7, 11) is 1.40. The summed E-state index contributed by atoms with van der Waals surface area (Å²) in [6, 6.07) is 5.76. The Hall–Kier alpha value is -1.79. The van der Waals surface area contributed by atoms with Crippen LogP contribution in [0.25, 0.3) is 10.7 Å². The molecule has 2 heterocycles. The highest BCUT2D eigenvalue weighted by molar-refractivity contribution is 7.13. The Labute approximate surface area is 122 Å². The third kappa shape index (κ3) is 3.85. The molecule has 5 nitrogen and oxygen atoms in total. The van der Waals surface area contributed by atoms with Gasteiger partial charge in [-0.2, -0.15) is 0 Å². The van der Waals surface area contributed by atoms with Crippen molar-refractivity contribution < 1.29 is 9.53 Å². The van der Waals surface area contributed by atoms with Gasteiger partial charge in [0, 0.05) is 18.1 Å². The lowest BCUT2D eigenvalue weighted by molar-refractivity contribution is -0.142. The van der Waals surface area contributed by atoms with Crippen molar-refractivity contribution >= 4 is 17.3 Å². The summed E-state index contributed by atoms with van der Waals surface area (Å²) in [5.41, 5.74) is 1.82. The molecule has 0 atom stereocenters. The second-order valence-electron chi connectivity index (χ2n) is 4.24. The third-order valence-electron chi connectivity index (χ3n) is 2.85. The van der Waals surface area contributed by atoms with E-state index >= 15 is 0 Å². The number of esters is 1. The number of carbonyl (C=O) groups is 1. The first kappa shape index (κ1) is 14.6. The van der Waals surface area contributed by atoms with E-state index in [1.54, 1.807) is 17.5 Å². The molecule has 0 bridgehead atoms. The fraction of sp³-hybridized carbons (Fsp3) is 0.357. The second-order valence-corrected chi connectivity index (χ2v) is 5.10. The largest absolute Gasteiger partial charge is 0.468 e. The van der Waals surface area contributed by atoms with E-state index in [-0.39, 0.29) is 12.5 Å². The van der Waals surface area contributed by atoms with Gasteiger partial charge in [0.05, 0.1) is 25.0 Å². The monoisotopic (exact) mass is 291 g/mol. The number of methoxy groups -OCH3 is 1. The summed E-state index contributed by atoms with van der Waals surface area (Å²) in [5, 5.41) is 2.90. The number of hydrogen-bond donors (Lipinski definition) is 0. The summed E-state index contributed by atoms with van der Waals surface area (Å²) >= 11 is 1.56. The number of aromatic nitrogens is 2. The second kappa shape index (κ2) is 7.12. The van der Waals surface area contributed by atoms with Crippen LogP contribution >= 0.6 is 11.3 Å². The normalized spacial score (nSPS) is 10.8. The van der Waals surface area contributed by atoms with Crippen LogP contribution in [0.3, 0.4) is 0 Å². The predicted molar refractivity (Wildman–Crippen MR) is 78.3 cm³/mol. The molecular weight excluding hydrogens is 274 g/mol. The zero-order chi connectivity index (χ0) is 14.4. The van der Waals surface area contributed by atoms with Crippen LogP contribution in [-0.2, 0) is 16.1 Å². The molecule has 0 saturated heterocycles. The molecule has 0 N–H and O–H groups in total. The van der Waals surface area contributed by atoms with Gasteiger partial charge in [-0.15, -0.1) is 11.3 Å². The van der Waals surface area contributed by atoms with Crippen molar-refractivity contribution in [1.29, 1.82) is 0 Å². The number of nitrogens with zero attached hydrogens (tertiary/aromatic N) is 3. The highest BCUT2D eigenvalue weighted by atomic mass is 32.1. The van der Waals surface area contributed by atoms with Gasteiger partial charge >= 0.3 is 5.97 Å². The van der Waals surface area contributed by atoms with Crippen LogP contribution < -0.4 is 0 Å². The van der Waals surface area contributed by atoms with Crippen molar-refractivity contribution in [2.45, 2.75) is 13.5 Å². The first-order valence-electron chi connectivity index (χ1n) is 6.38. The maximum atomic E-state index is 11.3. The zero-order valence-corrected chi connectivity index (χ0v) is 12.4. The number of hydrogen-bond acceptors (Lipinski definition) is 6. The standard InChI is InChI=1S/C14H17N3O2S/c1-3-17(9-13(18)19-2)8-11-10-20-14(16-11)12-6-4-5-7-15-12/h4-7,10H,3,8-9H2,1-2H3. The van der Waals surface area contributed by atoms with Crippen LogP contribution in [0.15, 0.2) is 29.8 Å². The Morgan fingerprint density at radius 1 is 1.45 bits per heavy atom. The molecule has 0 aliphatic heterocycles. The van der Waals surface area contributed by atoms with Crippen molar-refractivity contribution in [3.8, 4) is 10.7 Å². The van der Waals surface area contributed by atoms with Crippen LogP contribution in [0.2, 0.25) is 0 Å². The molecule has 0 amide bonds. The molecule has 2 aromatic rings. The van der Waals surface area contributed by atoms with Gasteiger partial charge in [-0.3, -0.25) is 14.7 Å². The number of likely N-dealkylation sites (N-methyl/N-ethyl adjacent to an activating group) is 1. The van der Waals surface area contributed by atoms with Crippen molar-refractivity contribution in [2.75, 3.05) is 20.2 Å². The Balaban J connectivity index is 2.03. The smallest absolute Gasteiger partial charge is 0.319 e. The van der Waals surface area contributed by atoms with Crippen LogP contribution in [0, 0.1) is 0 Å². The summed E-state index contributed by atoms with van der Waals surface area (Å²) in [5.74, 6) is -0.230. The summed E-state index contributed by atoms with van der Waals surface area (Å²) in [4.78, 5) is 22.1. The van der Waals surface area contributed by atoms with Crippen molar-refractivity contribution in [1.82, 2.24) is 14.9 Å². The lowest BCUT2D eigenvalue weighted by atomic mass is 10.3. The van der Waals surface area contributed by atoms with E-state index in [1.807, 2.05) is 35.4 Å². The third-order valence-corrected chi connectivity index (χ3v) is 3.76. The summed E-state index contributed by atoms with van der Waals surface area (Å²) < 4.78 is 4.69. The molecule has 2 aromatic heterocycles. The Bertz CT molecular complexity index is 557. The molecule has 0 aliphatic carbocycles. The van der Waals surface area contributed by atoms with Gasteiger partial charge in [-0.05, 0) is 18.7 Å². The van der Waals surface area contributed by atoms with E-state index in [0.29, 0.717) is 6.54 Å². The van der Waals surface area contributed by atoms with Crippen molar-refractivity contribution in [2.24, 2.45) is 0 Å².